The second-order valence-electron chi connectivity index (χ2n) is 5.24. The Balaban J connectivity index is 2.32. The van der Waals surface area contributed by atoms with E-state index in [1.165, 1.54) is 10.4 Å². The van der Waals surface area contributed by atoms with Crippen molar-refractivity contribution in [3.63, 3.8) is 0 Å². The molecule has 2 N–H and O–H groups in total. The Bertz CT molecular complexity index is 637. The van der Waals surface area contributed by atoms with Gasteiger partial charge in [-0.2, -0.15) is 4.31 Å². The van der Waals surface area contributed by atoms with Crippen molar-refractivity contribution in [3.05, 3.63) is 23.8 Å². The number of carboxylic acid groups (broad SMARTS) is 1. The number of aromatic carboxylic acids is 1. The third-order valence-electron chi connectivity index (χ3n) is 3.88. The largest absolute Gasteiger partial charge is 0.507 e. The molecule has 116 valence electrons. The van der Waals surface area contributed by atoms with E-state index in [9.17, 15) is 18.3 Å². The lowest BCUT2D eigenvalue weighted by Crippen LogP contribution is -2.37. The molecule has 0 amide bonds. The van der Waals surface area contributed by atoms with Gasteiger partial charge in [0.2, 0.25) is 10.0 Å². The van der Waals surface area contributed by atoms with Crippen LogP contribution in [-0.4, -0.2) is 42.0 Å². The molecule has 0 saturated heterocycles. The first-order valence-corrected chi connectivity index (χ1v) is 8.36. The maximum Gasteiger partial charge on any atom is 0.339 e. The monoisotopic (exact) mass is 313 g/mol. The van der Waals surface area contributed by atoms with E-state index in [2.05, 4.69) is 0 Å². The Morgan fingerprint density at radius 3 is 2.52 bits per heavy atom. The topological polar surface area (TPSA) is 94.9 Å². The fourth-order valence-electron chi connectivity index (χ4n) is 2.36. The quantitative estimate of drug-likeness (QED) is 0.836. The number of sulfonamides is 1. The van der Waals surface area contributed by atoms with Crippen molar-refractivity contribution in [2.45, 2.75) is 31.1 Å². The first-order chi connectivity index (χ1) is 9.86. The summed E-state index contributed by atoms with van der Waals surface area (Å²) in [6.07, 6.45) is 3.19. The SMILES string of the molecule is CCN(CC1CCC1)S(=O)(=O)c1ccc(O)c(C(=O)O)c1. The number of rotatable bonds is 6. The summed E-state index contributed by atoms with van der Waals surface area (Å²) in [6.45, 7) is 2.55. The molecule has 0 heterocycles. The van der Waals surface area contributed by atoms with E-state index in [1.54, 1.807) is 6.92 Å². The highest BCUT2D eigenvalue weighted by Crippen LogP contribution is 2.30. The molecule has 1 aliphatic carbocycles. The Hall–Kier alpha value is -1.60. The molecule has 21 heavy (non-hydrogen) atoms. The van der Waals surface area contributed by atoms with Crippen LogP contribution >= 0.6 is 0 Å². The molecule has 0 aromatic heterocycles. The van der Waals surface area contributed by atoms with Gasteiger partial charge in [-0.05, 0) is 37.0 Å². The van der Waals surface area contributed by atoms with Crippen molar-refractivity contribution in [2.24, 2.45) is 5.92 Å². The number of carbonyl (C=O) groups is 1. The van der Waals surface area contributed by atoms with Crippen molar-refractivity contribution < 1.29 is 23.4 Å². The van der Waals surface area contributed by atoms with Crippen LogP contribution in [0.25, 0.3) is 0 Å². The lowest BCUT2D eigenvalue weighted by molar-refractivity contribution is 0.0693. The highest BCUT2D eigenvalue weighted by Gasteiger charge is 2.29. The van der Waals surface area contributed by atoms with Gasteiger partial charge in [0.05, 0.1) is 4.90 Å². The van der Waals surface area contributed by atoms with E-state index in [0.717, 1.165) is 31.4 Å². The summed E-state index contributed by atoms with van der Waals surface area (Å²) in [5.41, 5.74) is -0.407. The number of nitrogens with zero attached hydrogens (tertiary/aromatic N) is 1. The molecule has 0 unspecified atom stereocenters. The maximum absolute atomic E-state index is 12.6. The first kappa shape index (κ1) is 15.8. The first-order valence-electron chi connectivity index (χ1n) is 6.92. The van der Waals surface area contributed by atoms with Crippen LogP contribution in [0.5, 0.6) is 5.75 Å². The minimum atomic E-state index is -3.74. The summed E-state index contributed by atoms with van der Waals surface area (Å²) >= 11 is 0. The summed E-state index contributed by atoms with van der Waals surface area (Å²) < 4.78 is 26.5. The van der Waals surface area contributed by atoms with Gasteiger partial charge in [0.1, 0.15) is 11.3 Å². The molecule has 1 aromatic carbocycles. The molecule has 0 aliphatic heterocycles. The van der Waals surface area contributed by atoms with Crippen LogP contribution in [0, 0.1) is 5.92 Å². The van der Waals surface area contributed by atoms with Crippen molar-refractivity contribution >= 4 is 16.0 Å². The van der Waals surface area contributed by atoms with Crippen molar-refractivity contribution in [1.29, 1.82) is 0 Å². The Labute approximate surface area is 124 Å². The molecule has 2 rings (SSSR count). The second kappa shape index (κ2) is 6.03. The molecule has 1 saturated carbocycles. The number of carboxylic acids is 1. The van der Waals surface area contributed by atoms with Gasteiger partial charge in [-0.1, -0.05) is 13.3 Å². The van der Waals surface area contributed by atoms with Crippen LogP contribution < -0.4 is 0 Å². The fraction of sp³-hybridized carbons (Fsp3) is 0.500. The van der Waals surface area contributed by atoms with E-state index in [4.69, 9.17) is 5.11 Å². The number of aromatic hydroxyl groups is 1. The molecule has 6 nitrogen and oxygen atoms in total. The smallest absolute Gasteiger partial charge is 0.339 e. The van der Waals surface area contributed by atoms with E-state index in [0.29, 0.717) is 19.0 Å². The maximum atomic E-state index is 12.6. The van der Waals surface area contributed by atoms with E-state index in [1.807, 2.05) is 0 Å². The minimum absolute atomic E-state index is 0.0983. The normalized spacial score (nSPS) is 15.9. The van der Waals surface area contributed by atoms with Crippen LogP contribution in [0.1, 0.15) is 36.5 Å². The summed E-state index contributed by atoms with van der Waals surface area (Å²) in [4.78, 5) is 10.9. The number of hydrogen-bond donors (Lipinski definition) is 2. The molecule has 0 bridgehead atoms. The third-order valence-corrected chi connectivity index (χ3v) is 5.81. The Morgan fingerprint density at radius 2 is 2.05 bits per heavy atom. The van der Waals surface area contributed by atoms with Gasteiger partial charge >= 0.3 is 5.97 Å². The average molecular weight is 313 g/mol. The van der Waals surface area contributed by atoms with Gasteiger partial charge in [0.15, 0.2) is 0 Å². The summed E-state index contributed by atoms with van der Waals surface area (Å²) in [5, 5.41) is 18.4. The molecule has 7 heteroatoms. The van der Waals surface area contributed by atoms with Gasteiger partial charge in [-0.25, -0.2) is 13.2 Å². The van der Waals surface area contributed by atoms with Gasteiger partial charge in [-0.15, -0.1) is 0 Å². The second-order valence-corrected chi connectivity index (χ2v) is 7.17. The zero-order valence-electron chi connectivity index (χ0n) is 11.8. The highest BCUT2D eigenvalue weighted by molar-refractivity contribution is 7.89. The number of hydrogen-bond acceptors (Lipinski definition) is 4. The Morgan fingerprint density at radius 1 is 1.38 bits per heavy atom. The van der Waals surface area contributed by atoms with Crippen LogP contribution in [-0.2, 0) is 10.0 Å². The lowest BCUT2D eigenvalue weighted by atomic mass is 9.85. The third kappa shape index (κ3) is 3.19. The predicted molar refractivity (Wildman–Crippen MR) is 76.8 cm³/mol. The standard InChI is InChI=1S/C14H19NO5S/c1-2-15(9-10-4-3-5-10)21(19,20)11-6-7-13(16)12(8-11)14(17)18/h6-8,10,16H,2-5,9H2,1H3,(H,17,18). The van der Waals surface area contributed by atoms with Crippen molar-refractivity contribution in [1.82, 2.24) is 4.31 Å². The number of benzene rings is 1. The summed E-state index contributed by atoms with van der Waals surface area (Å²) in [5.74, 6) is -1.41. The van der Waals surface area contributed by atoms with Crippen LogP contribution in [0.15, 0.2) is 23.1 Å². The van der Waals surface area contributed by atoms with Gasteiger partial charge in [-0.3, -0.25) is 0 Å². The highest BCUT2D eigenvalue weighted by atomic mass is 32.2. The molecule has 0 radical (unpaired) electrons. The fourth-order valence-corrected chi connectivity index (χ4v) is 3.91. The van der Waals surface area contributed by atoms with Crippen molar-refractivity contribution in [2.75, 3.05) is 13.1 Å². The minimum Gasteiger partial charge on any atom is -0.507 e. The van der Waals surface area contributed by atoms with Gasteiger partial charge in [0.25, 0.3) is 0 Å². The van der Waals surface area contributed by atoms with Gasteiger partial charge < -0.3 is 10.2 Å². The van der Waals surface area contributed by atoms with E-state index < -0.39 is 27.3 Å². The zero-order valence-corrected chi connectivity index (χ0v) is 12.6. The van der Waals surface area contributed by atoms with Gasteiger partial charge in [0, 0.05) is 13.1 Å². The van der Waals surface area contributed by atoms with Crippen molar-refractivity contribution in [3.8, 4) is 5.75 Å². The average Bonchev–Trinajstić information content (AvgIpc) is 2.37. The zero-order chi connectivity index (χ0) is 15.6. The molecule has 1 aromatic rings. The van der Waals surface area contributed by atoms with Crippen LogP contribution in [0.3, 0.4) is 0 Å². The van der Waals surface area contributed by atoms with E-state index >= 15 is 0 Å². The van der Waals surface area contributed by atoms with Crippen LogP contribution in [0.4, 0.5) is 0 Å². The predicted octanol–water partition coefficient (Wildman–Crippen LogP) is 1.90. The summed E-state index contributed by atoms with van der Waals surface area (Å²) in [7, 11) is -3.74. The molecule has 0 atom stereocenters. The Kier molecular flexibility index (Phi) is 4.53. The molecular weight excluding hydrogens is 294 g/mol. The van der Waals surface area contributed by atoms with E-state index in [-0.39, 0.29) is 4.90 Å². The lowest BCUT2D eigenvalue weighted by Gasteiger charge is -2.31. The molecule has 1 aliphatic rings. The summed E-state index contributed by atoms with van der Waals surface area (Å²) in [6, 6.07) is 3.35. The molecule has 0 spiro atoms. The van der Waals surface area contributed by atoms with Crippen LogP contribution in [0.2, 0.25) is 0 Å². The molecule has 1 fully saturated rings. The number of phenols is 1. The molecular formula is C14H19NO5S.